The number of hydrogen-bond acceptors (Lipinski definition) is 6. The predicted octanol–water partition coefficient (Wildman–Crippen LogP) is 2.10. The molecule has 1 aliphatic rings. The van der Waals surface area contributed by atoms with Crippen LogP contribution in [0.3, 0.4) is 0 Å². The van der Waals surface area contributed by atoms with Crippen LogP contribution in [0.1, 0.15) is 35.8 Å². The van der Waals surface area contributed by atoms with Gasteiger partial charge in [-0.15, -0.1) is 0 Å². The van der Waals surface area contributed by atoms with E-state index < -0.39 is 33.7 Å². The number of carbonyl (C=O) groups excluding carboxylic acids is 2. The zero-order valence-electron chi connectivity index (χ0n) is 17.8. The Balaban J connectivity index is 1.79. The summed E-state index contributed by atoms with van der Waals surface area (Å²) in [7, 11) is -0.497. The fourth-order valence-corrected chi connectivity index (χ4v) is 5.27. The number of sulfone groups is 1. The lowest BCUT2D eigenvalue weighted by molar-refractivity contribution is -0.124. The van der Waals surface area contributed by atoms with Crippen molar-refractivity contribution in [3.05, 3.63) is 53.6 Å². The second-order valence-electron chi connectivity index (χ2n) is 7.68. The summed E-state index contributed by atoms with van der Waals surface area (Å²) in [5.74, 6) is -0.458. The molecular weight excluding hydrogens is 420 g/mol. The Morgan fingerprint density at radius 3 is 2.23 bits per heavy atom. The van der Waals surface area contributed by atoms with Crippen molar-refractivity contribution in [2.45, 2.75) is 30.8 Å². The Morgan fingerprint density at radius 1 is 1.03 bits per heavy atom. The maximum Gasteiger partial charge on any atom is 0.252 e. The highest BCUT2D eigenvalue weighted by molar-refractivity contribution is 7.91. The highest BCUT2D eigenvalue weighted by Crippen LogP contribution is 2.33. The maximum atomic E-state index is 13.0. The number of hydrogen-bond donors (Lipinski definition) is 2. The molecule has 8 nitrogen and oxygen atoms in total. The Labute approximate surface area is 181 Å². The van der Waals surface area contributed by atoms with Gasteiger partial charge in [0.05, 0.1) is 30.9 Å². The highest BCUT2D eigenvalue weighted by atomic mass is 32.2. The first-order valence-corrected chi connectivity index (χ1v) is 11.5. The Kier molecular flexibility index (Phi) is 6.54. The lowest BCUT2D eigenvalue weighted by Crippen LogP contribution is -2.50. The van der Waals surface area contributed by atoms with E-state index in [4.69, 9.17) is 9.47 Å². The van der Waals surface area contributed by atoms with Crippen molar-refractivity contribution in [2.24, 2.45) is 5.92 Å². The van der Waals surface area contributed by atoms with Gasteiger partial charge in [0, 0.05) is 11.6 Å². The van der Waals surface area contributed by atoms with Gasteiger partial charge in [0.25, 0.3) is 5.91 Å². The van der Waals surface area contributed by atoms with Crippen LogP contribution in [0.2, 0.25) is 0 Å². The van der Waals surface area contributed by atoms with Crippen molar-refractivity contribution in [3.8, 4) is 11.5 Å². The fraction of sp³-hybridized carbons (Fsp3) is 0.364. The molecule has 2 aromatic rings. The van der Waals surface area contributed by atoms with Gasteiger partial charge in [-0.1, -0.05) is 32.0 Å². The molecule has 2 atom stereocenters. The summed E-state index contributed by atoms with van der Waals surface area (Å²) in [6.07, 6.45) is 0. The van der Waals surface area contributed by atoms with Gasteiger partial charge in [0.1, 0.15) is 17.5 Å². The Morgan fingerprint density at radius 2 is 1.65 bits per heavy atom. The molecule has 1 heterocycles. The van der Waals surface area contributed by atoms with Crippen molar-refractivity contribution in [1.82, 2.24) is 10.6 Å². The number of fused-ring (bicyclic) bond motifs is 1. The van der Waals surface area contributed by atoms with Crippen molar-refractivity contribution < 1.29 is 27.5 Å². The predicted molar refractivity (Wildman–Crippen MR) is 115 cm³/mol. The average Bonchev–Trinajstić information content (AvgIpc) is 3.01. The molecule has 0 fully saturated rings. The largest absolute Gasteiger partial charge is 0.497 e. The SMILES string of the molecule is COc1cc(OC)cc(C(=O)N[C@@H](C(=O)N[C@@H]2CS(=O)(=O)c3ccccc32)C(C)C)c1. The first kappa shape index (κ1) is 22.6. The van der Waals surface area contributed by atoms with Crippen molar-refractivity contribution in [3.63, 3.8) is 0 Å². The van der Waals surface area contributed by atoms with Gasteiger partial charge in [-0.25, -0.2) is 8.42 Å². The lowest BCUT2D eigenvalue weighted by Gasteiger charge is -2.24. The zero-order chi connectivity index (χ0) is 22.8. The summed E-state index contributed by atoms with van der Waals surface area (Å²) in [5, 5.41) is 5.53. The topological polar surface area (TPSA) is 111 Å². The molecule has 0 aliphatic carbocycles. The number of carbonyl (C=O) groups is 2. The number of methoxy groups -OCH3 is 2. The number of ether oxygens (including phenoxy) is 2. The minimum absolute atomic E-state index is 0.204. The monoisotopic (exact) mass is 446 g/mol. The van der Waals surface area contributed by atoms with E-state index in [0.717, 1.165) is 0 Å². The standard InChI is InChI=1S/C22H26N2O6S/c1-13(2)20(24-21(25)14-9-15(29-3)11-16(10-14)30-4)22(26)23-18-12-31(27,28)19-8-6-5-7-17(18)19/h5-11,13,18,20H,12H2,1-4H3,(H,23,26)(H,24,25)/t18-,20-/m1/s1. The van der Waals surface area contributed by atoms with E-state index in [2.05, 4.69) is 10.6 Å². The second kappa shape index (κ2) is 8.97. The molecular formula is C22H26N2O6S. The van der Waals surface area contributed by atoms with E-state index in [9.17, 15) is 18.0 Å². The van der Waals surface area contributed by atoms with E-state index in [1.165, 1.54) is 20.3 Å². The molecule has 2 aromatic carbocycles. The second-order valence-corrected chi connectivity index (χ2v) is 9.68. The number of benzene rings is 2. The molecule has 31 heavy (non-hydrogen) atoms. The summed E-state index contributed by atoms with van der Waals surface area (Å²) in [6, 6.07) is 9.83. The molecule has 166 valence electrons. The van der Waals surface area contributed by atoms with Crippen LogP contribution < -0.4 is 20.1 Å². The van der Waals surface area contributed by atoms with Gasteiger partial charge >= 0.3 is 0 Å². The van der Waals surface area contributed by atoms with E-state index in [0.29, 0.717) is 17.1 Å². The van der Waals surface area contributed by atoms with Crippen LogP contribution in [0, 0.1) is 5.92 Å². The van der Waals surface area contributed by atoms with E-state index in [1.54, 1.807) is 50.2 Å². The van der Waals surface area contributed by atoms with Crippen molar-refractivity contribution in [2.75, 3.05) is 20.0 Å². The minimum Gasteiger partial charge on any atom is -0.497 e. The maximum absolute atomic E-state index is 13.0. The third-order valence-corrected chi connectivity index (χ3v) is 7.00. The van der Waals surface area contributed by atoms with Crippen LogP contribution in [-0.4, -0.2) is 46.2 Å². The summed E-state index contributed by atoms with van der Waals surface area (Å²) in [5.41, 5.74) is 0.839. The van der Waals surface area contributed by atoms with Crippen LogP contribution in [-0.2, 0) is 14.6 Å². The van der Waals surface area contributed by atoms with Crippen LogP contribution in [0.25, 0.3) is 0 Å². The summed E-state index contributed by atoms with van der Waals surface area (Å²) in [6.45, 7) is 3.60. The van der Waals surface area contributed by atoms with Crippen molar-refractivity contribution >= 4 is 21.7 Å². The minimum atomic E-state index is -3.46. The molecule has 1 aliphatic heterocycles. The molecule has 9 heteroatoms. The van der Waals surface area contributed by atoms with Crippen LogP contribution in [0.15, 0.2) is 47.4 Å². The van der Waals surface area contributed by atoms with Gasteiger partial charge in [-0.3, -0.25) is 9.59 Å². The van der Waals surface area contributed by atoms with Crippen LogP contribution in [0.4, 0.5) is 0 Å². The fourth-order valence-electron chi connectivity index (χ4n) is 3.53. The number of amides is 2. The molecule has 0 saturated heterocycles. The van der Waals surface area contributed by atoms with E-state index in [1.807, 2.05) is 0 Å². The third kappa shape index (κ3) is 4.82. The van der Waals surface area contributed by atoms with Gasteiger partial charge in [-0.05, 0) is 29.7 Å². The molecule has 0 radical (unpaired) electrons. The summed E-state index contributed by atoms with van der Waals surface area (Å²) >= 11 is 0. The molecule has 2 N–H and O–H groups in total. The van der Waals surface area contributed by atoms with E-state index in [-0.39, 0.29) is 22.1 Å². The first-order chi connectivity index (χ1) is 14.7. The van der Waals surface area contributed by atoms with E-state index >= 15 is 0 Å². The molecule has 0 spiro atoms. The highest BCUT2D eigenvalue weighted by Gasteiger charge is 2.37. The third-order valence-electron chi connectivity index (χ3n) is 5.18. The average molecular weight is 447 g/mol. The molecule has 0 bridgehead atoms. The molecule has 0 unspecified atom stereocenters. The smallest absolute Gasteiger partial charge is 0.252 e. The molecule has 2 amide bonds. The first-order valence-electron chi connectivity index (χ1n) is 9.82. The van der Waals surface area contributed by atoms with Crippen molar-refractivity contribution in [1.29, 1.82) is 0 Å². The lowest BCUT2D eigenvalue weighted by atomic mass is 10.0. The number of rotatable bonds is 7. The Bertz CT molecular complexity index is 1070. The number of nitrogens with one attached hydrogen (secondary N) is 2. The van der Waals surface area contributed by atoms with Gasteiger partial charge in [0.15, 0.2) is 9.84 Å². The zero-order valence-corrected chi connectivity index (χ0v) is 18.7. The van der Waals surface area contributed by atoms with Gasteiger partial charge < -0.3 is 20.1 Å². The Hall–Kier alpha value is -3.07. The normalized spacial score (nSPS) is 17.5. The molecule has 3 rings (SSSR count). The summed E-state index contributed by atoms with van der Waals surface area (Å²) < 4.78 is 35.2. The van der Waals surface area contributed by atoms with Crippen LogP contribution in [0.5, 0.6) is 11.5 Å². The van der Waals surface area contributed by atoms with Gasteiger partial charge in [0.2, 0.25) is 5.91 Å². The summed E-state index contributed by atoms with van der Waals surface area (Å²) in [4.78, 5) is 26.1. The molecule has 0 saturated carbocycles. The van der Waals surface area contributed by atoms with Crippen LogP contribution >= 0.6 is 0 Å². The van der Waals surface area contributed by atoms with Gasteiger partial charge in [-0.2, -0.15) is 0 Å². The quantitative estimate of drug-likeness (QED) is 0.674. The molecule has 0 aromatic heterocycles.